The zero-order valence-electron chi connectivity index (χ0n) is 7.44. The lowest BCUT2D eigenvalue weighted by atomic mass is 10.5. The maximum absolute atomic E-state index is 10.9. The minimum Gasteiger partial charge on any atom is -0.450 e. The van der Waals surface area contributed by atoms with E-state index in [9.17, 15) is 9.59 Å². The van der Waals surface area contributed by atoms with E-state index >= 15 is 0 Å². The van der Waals surface area contributed by atoms with Crippen molar-refractivity contribution >= 4 is 28.5 Å². The maximum Gasteiger partial charge on any atom is 0.413 e. The number of hydrogen-bond donors (Lipinski definition) is 2. The fraction of sp³-hybridized carbons (Fsp3) is 0.286. The topological polar surface area (TPSA) is 94.3 Å². The third-order valence-electron chi connectivity index (χ3n) is 1.24. The van der Waals surface area contributed by atoms with Crippen molar-refractivity contribution in [3.8, 4) is 0 Å². The van der Waals surface area contributed by atoms with Gasteiger partial charge < -0.3 is 10.5 Å². The van der Waals surface area contributed by atoms with Gasteiger partial charge in [0.15, 0.2) is 5.13 Å². The van der Waals surface area contributed by atoms with Gasteiger partial charge in [0.1, 0.15) is 5.69 Å². The predicted octanol–water partition coefficient (Wildman–Crippen LogP) is 0.810. The van der Waals surface area contributed by atoms with Crippen LogP contribution in [0.15, 0.2) is 5.38 Å². The molecule has 0 aromatic carbocycles. The van der Waals surface area contributed by atoms with Crippen molar-refractivity contribution in [1.29, 1.82) is 0 Å². The summed E-state index contributed by atoms with van der Waals surface area (Å²) in [4.78, 5) is 25.3. The molecule has 3 N–H and O–H groups in total. The molecule has 0 unspecified atom stereocenters. The second kappa shape index (κ2) is 4.56. The minimum absolute atomic E-state index is 0.127. The molecule has 1 heterocycles. The number of nitrogens with one attached hydrogen (secondary N) is 1. The maximum atomic E-state index is 10.9. The van der Waals surface area contributed by atoms with E-state index in [-0.39, 0.29) is 17.4 Å². The Balaban J connectivity index is 2.59. The van der Waals surface area contributed by atoms with Crippen molar-refractivity contribution in [3.63, 3.8) is 0 Å². The molecule has 0 spiro atoms. The van der Waals surface area contributed by atoms with Crippen LogP contribution in [0.5, 0.6) is 0 Å². The SMILES string of the molecule is CCOC(=O)Nc1nc(C(N)=O)cs1. The number of nitrogens with zero attached hydrogens (tertiary/aromatic N) is 1. The van der Waals surface area contributed by atoms with Crippen LogP contribution in [0.2, 0.25) is 0 Å². The van der Waals surface area contributed by atoms with Gasteiger partial charge in [-0.1, -0.05) is 0 Å². The lowest BCUT2D eigenvalue weighted by Crippen LogP contribution is -2.14. The summed E-state index contributed by atoms with van der Waals surface area (Å²) < 4.78 is 4.62. The summed E-state index contributed by atoms with van der Waals surface area (Å²) in [6.07, 6.45) is -0.599. The number of carbonyl (C=O) groups is 2. The Hall–Kier alpha value is -1.63. The molecule has 0 atom stereocenters. The molecule has 0 aliphatic rings. The Morgan fingerprint density at radius 1 is 1.71 bits per heavy atom. The number of rotatable bonds is 3. The standard InChI is InChI=1S/C7H9N3O3S/c1-2-13-7(12)10-6-9-4(3-14-6)5(8)11/h3H,2H2,1H3,(H2,8,11)(H,9,10,12). The number of nitrogens with two attached hydrogens (primary N) is 1. The summed E-state index contributed by atoms with van der Waals surface area (Å²) in [6.45, 7) is 1.97. The second-order valence-electron chi connectivity index (χ2n) is 2.25. The average molecular weight is 215 g/mol. The van der Waals surface area contributed by atoms with Gasteiger partial charge in [0, 0.05) is 5.38 Å². The number of hydrogen-bond acceptors (Lipinski definition) is 5. The predicted molar refractivity (Wildman–Crippen MR) is 51.3 cm³/mol. The number of carbonyl (C=O) groups excluding carboxylic acids is 2. The van der Waals surface area contributed by atoms with Gasteiger partial charge in [0.2, 0.25) is 0 Å². The molecule has 0 radical (unpaired) electrons. The number of thiazole rings is 1. The van der Waals surface area contributed by atoms with Gasteiger partial charge in [-0.05, 0) is 6.92 Å². The molecule has 0 aliphatic carbocycles. The van der Waals surface area contributed by atoms with Crippen LogP contribution in [0.1, 0.15) is 17.4 Å². The van der Waals surface area contributed by atoms with E-state index < -0.39 is 12.0 Å². The molecule has 14 heavy (non-hydrogen) atoms. The van der Waals surface area contributed by atoms with Crippen molar-refractivity contribution in [1.82, 2.24) is 4.98 Å². The summed E-state index contributed by atoms with van der Waals surface area (Å²) in [5, 5.41) is 4.11. The average Bonchev–Trinajstić information content (AvgIpc) is 2.53. The number of anilines is 1. The smallest absolute Gasteiger partial charge is 0.413 e. The van der Waals surface area contributed by atoms with Gasteiger partial charge in [-0.2, -0.15) is 0 Å². The first-order chi connectivity index (χ1) is 6.63. The van der Waals surface area contributed by atoms with Crippen molar-refractivity contribution in [2.24, 2.45) is 5.73 Å². The fourth-order valence-electron chi connectivity index (χ4n) is 0.699. The van der Waals surface area contributed by atoms with Crippen LogP contribution in [0.25, 0.3) is 0 Å². The van der Waals surface area contributed by atoms with Crippen molar-refractivity contribution in [3.05, 3.63) is 11.1 Å². The van der Waals surface area contributed by atoms with E-state index in [2.05, 4.69) is 15.0 Å². The Kier molecular flexibility index (Phi) is 3.41. The van der Waals surface area contributed by atoms with Gasteiger partial charge in [0.25, 0.3) is 5.91 Å². The summed E-state index contributed by atoms with van der Waals surface area (Å²) >= 11 is 1.11. The van der Waals surface area contributed by atoms with E-state index in [1.54, 1.807) is 6.92 Å². The van der Waals surface area contributed by atoms with Gasteiger partial charge in [-0.3, -0.25) is 10.1 Å². The van der Waals surface area contributed by atoms with Crippen molar-refractivity contribution in [2.75, 3.05) is 11.9 Å². The van der Waals surface area contributed by atoms with E-state index in [1.807, 2.05) is 0 Å². The summed E-state index contributed by atoms with van der Waals surface area (Å²) in [5.74, 6) is -0.627. The summed E-state index contributed by atoms with van der Waals surface area (Å²) in [7, 11) is 0. The molecule has 0 saturated heterocycles. The number of amides is 2. The van der Waals surface area contributed by atoms with Gasteiger partial charge in [-0.25, -0.2) is 9.78 Å². The molecule has 2 amide bonds. The quantitative estimate of drug-likeness (QED) is 0.780. The van der Waals surface area contributed by atoms with E-state index in [1.165, 1.54) is 5.38 Å². The minimum atomic E-state index is -0.627. The molecule has 0 bridgehead atoms. The van der Waals surface area contributed by atoms with Gasteiger partial charge in [-0.15, -0.1) is 11.3 Å². The molecule has 1 aromatic heterocycles. The van der Waals surface area contributed by atoms with Crippen molar-refractivity contribution < 1.29 is 14.3 Å². The highest BCUT2D eigenvalue weighted by Crippen LogP contribution is 2.14. The largest absolute Gasteiger partial charge is 0.450 e. The monoisotopic (exact) mass is 215 g/mol. The number of ether oxygens (including phenoxy) is 1. The molecule has 0 fully saturated rings. The first-order valence-corrected chi connectivity index (χ1v) is 4.70. The first-order valence-electron chi connectivity index (χ1n) is 3.82. The zero-order valence-corrected chi connectivity index (χ0v) is 8.26. The van der Waals surface area contributed by atoms with Crippen LogP contribution in [-0.4, -0.2) is 23.6 Å². The zero-order chi connectivity index (χ0) is 10.6. The molecular weight excluding hydrogens is 206 g/mol. The third-order valence-corrected chi connectivity index (χ3v) is 2.00. The van der Waals surface area contributed by atoms with Crippen LogP contribution >= 0.6 is 11.3 Å². The highest BCUT2D eigenvalue weighted by atomic mass is 32.1. The van der Waals surface area contributed by atoms with E-state index in [0.717, 1.165) is 11.3 Å². The van der Waals surface area contributed by atoms with E-state index in [0.29, 0.717) is 0 Å². The Morgan fingerprint density at radius 3 is 2.93 bits per heavy atom. The molecule has 0 aliphatic heterocycles. The normalized spacial score (nSPS) is 9.50. The Morgan fingerprint density at radius 2 is 2.43 bits per heavy atom. The van der Waals surface area contributed by atoms with Crippen LogP contribution in [0.3, 0.4) is 0 Å². The van der Waals surface area contributed by atoms with Crippen LogP contribution in [0.4, 0.5) is 9.93 Å². The summed E-state index contributed by atoms with van der Waals surface area (Å²) in [6, 6.07) is 0. The second-order valence-corrected chi connectivity index (χ2v) is 3.11. The molecular formula is C7H9N3O3S. The Bertz CT molecular complexity index is 350. The number of aromatic nitrogens is 1. The first kappa shape index (κ1) is 10.5. The third kappa shape index (κ3) is 2.70. The van der Waals surface area contributed by atoms with E-state index in [4.69, 9.17) is 5.73 Å². The molecule has 0 saturated carbocycles. The fourth-order valence-corrected chi connectivity index (χ4v) is 1.38. The lowest BCUT2D eigenvalue weighted by Gasteiger charge is -1.99. The van der Waals surface area contributed by atoms with Crippen LogP contribution < -0.4 is 11.1 Å². The molecule has 1 rings (SSSR count). The van der Waals surface area contributed by atoms with Gasteiger partial charge >= 0.3 is 6.09 Å². The molecule has 6 nitrogen and oxygen atoms in total. The van der Waals surface area contributed by atoms with Gasteiger partial charge in [0.05, 0.1) is 6.61 Å². The Labute approximate surface area is 84.1 Å². The van der Waals surface area contributed by atoms with Crippen LogP contribution in [-0.2, 0) is 4.74 Å². The number of primary amides is 1. The highest BCUT2D eigenvalue weighted by molar-refractivity contribution is 7.14. The molecule has 7 heteroatoms. The van der Waals surface area contributed by atoms with Crippen LogP contribution in [0, 0.1) is 0 Å². The van der Waals surface area contributed by atoms with Crippen molar-refractivity contribution in [2.45, 2.75) is 6.92 Å². The molecule has 76 valence electrons. The lowest BCUT2D eigenvalue weighted by molar-refractivity contribution is 0.0996. The summed E-state index contributed by atoms with van der Waals surface area (Å²) in [5.41, 5.74) is 5.10. The molecule has 1 aromatic rings. The highest BCUT2D eigenvalue weighted by Gasteiger charge is 2.09.